The third-order valence-electron chi connectivity index (χ3n) is 3.06. The molecule has 0 amide bonds. The van der Waals surface area contributed by atoms with Crippen molar-refractivity contribution in [2.75, 3.05) is 13.1 Å². The van der Waals surface area contributed by atoms with E-state index in [0.717, 1.165) is 24.5 Å². The van der Waals surface area contributed by atoms with Crippen LogP contribution < -0.4 is 5.32 Å². The van der Waals surface area contributed by atoms with E-state index in [9.17, 15) is 4.39 Å². The molecule has 88 valence electrons. The van der Waals surface area contributed by atoms with Gasteiger partial charge in [-0.3, -0.25) is 0 Å². The number of halogens is 1. The predicted octanol–water partition coefficient (Wildman–Crippen LogP) is 1.15. The summed E-state index contributed by atoms with van der Waals surface area (Å²) in [7, 11) is 0. The highest BCUT2D eigenvalue weighted by atomic mass is 19.1. The second-order valence-corrected chi connectivity index (χ2v) is 4.30. The van der Waals surface area contributed by atoms with Gasteiger partial charge in [0, 0.05) is 19.0 Å². The molecule has 5 heteroatoms. The summed E-state index contributed by atoms with van der Waals surface area (Å²) in [6.45, 7) is 2.61. The van der Waals surface area contributed by atoms with Crippen LogP contribution in [-0.2, 0) is 6.54 Å². The van der Waals surface area contributed by atoms with E-state index in [1.807, 2.05) is 4.57 Å². The lowest BCUT2D eigenvalue weighted by atomic mass is 10.0. The van der Waals surface area contributed by atoms with E-state index < -0.39 is 0 Å². The molecule has 1 fully saturated rings. The van der Waals surface area contributed by atoms with Gasteiger partial charge in [-0.25, -0.2) is 4.39 Å². The molecule has 1 aromatic carbocycles. The summed E-state index contributed by atoms with van der Waals surface area (Å²) >= 11 is 0. The third-order valence-corrected chi connectivity index (χ3v) is 3.06. The number of hydrogen-bond donors (Lipinski definition) is 1. The standard InChI is InChI=1S/C12H13FN4/c13-11-3-1-9(2-4-11)7-17-8-15-16-12(17)10-5-14-6-10/h1-4,8,10,14H,5-7H2. The lowest BCUT2D eigenvalue weighted by molar-refractivity contribution is 0.417. The fourth-order valence-electron chi connectivity index (χ4n) is 1.96. The smallest absolute Gasteiger partial charge is 0.138 e. The first-order valence-electron chi connectivity index (χ1n) is 5.66. The van der Waals surface area contributed by atoms with E-state index in [4.69, 9.17) is 0 Å². The molecule has 4 nitrogen and oxygen atoms in total. The highest BCUT2D eigenvalue weighted by Gasteiger charge is 2.23. The van der Waals surface area contributed by atoms with Crippen molar-refractivity contribution in [3.8, 4) is 0 Å². The molecule has 3 rings (SSSR count). The van der Waals surface area contributed by atoms with E-state index in [-0.39, 0.29) is 5.82 Å². The molecule has 1 saturated heterocycles. The van der Waals surface area contributed by atoms with Crippen LogP contribution in [0.1, 0.15) is 17.3 Å². The lowest BCUT2D eigenvalue weighted by Crippen LogP contribution is -2.41. The highest BCUT2D eigenvalue weighted by Crippen LogP contribution is 2.18. The van der Waals surface area contributed by atoms with Crippen LogP contribution in [0, 0.1) is 5.82 Å². The Labute approximate surface area is 98.5 Å². The van der Waals surface area contributed by atoms with E-state index in [0.29, 0.717) is 12.5 Å². The molecule has 0 bridgehead atoms. The first-order valence-corrected chi connectivity index (χ1v) is 5.66. The van der Waals surface area contributed by atoms with Crippen LogP contribution in [0.4, 0.5) is 4.39 Å². The van der Waals surface area contributed by atoms with Gasteiger partial charge in [-0.2, -0.15) is 0 Å². The zero-order valence-corrected chi connectivity index (χ0v) is 9.31. The van der Waals surface area contributed by atoms with Crippen molar-refractivity contribution in [2.24, 2.45) is 0 Å². The van der Waals surface area contributed by atoms with Gasteiger partial charge < -0.3 is 9.88 Å². The number of nitrogens with one attached hydrogen (secondary N) is 1. The van der Waals surface area contributed by atoms with Crippen LogP contribution in [0.15, 0.2) is 30.6 Å². The minimum absolute atomic E-state index is 0.207. The molecular weight excluding hydrogens is 219 g/mol. The normalized spacial score (nSPS) is 15.8. The molecule has 2 heterocycles. The Morgan fingerprint density at radius 3 is 2.71 bits per heavy atom. The molecule has 1 aliphatic rings. The lowest BCUT2D eigenvalue weighted by Gasteiger charge is -2.26. The van der Waals surface area contributed by atoms with Crippen molar-refractivity contribution in [3.63, 3.8) is 0 Å². The van der Waals surface area contributed by atoms with Crippen molar-refractivity contribution in [3.05, 3.63) is 47.8 Å². The number of aromatic nitrogens is 3. The van der Waals surface area contributed by atoms with Crippen molar-refractivity contribution in [1.29, 1.82) is 0 Å². The van der Waals surface area contributed by atoms with Gasteiger partial charge in [0.05, 0.1) is 6.54 Å². The first-order chi connectivity index (χ1) is 8.33. The number of nitrogens with zero attached hydrogens (tertiary/aromatic N) is 3. The van der Waals surface area contributed by atoms with Crippen LogP contribution in [0.3, 0.4) is 0 Å². The summed E-state index contributed by atoms with van der Waals surface area (Å²) in [4.78, 5) is 0. The second kappa shape index (κ2) is 4.25. The Bertz CT molecular complexity index is 501. The summed E-state index contributed by atoms with van der Waals surface area (Å²) in [6, 6.07) is 6.53. The first kappa shape index (κ1) is 10.4. The topological polar surface area (TPSA) is 42.7 Å². The van der Waals surface area contributed by atoms with Gasteiger partial charge in [0.15, 0.2) is 0 Å². The maximum Gasteiger partial charge on any atom is 0.138 e. The molecule has 0 spiro atoms. The number of benzene rings is 1. The fraction of sp³-hybridized carbons (Fsp3) is 0.333. The largest absolute Gasteiger partial charge is 0.315 e. The quantitative estimate of drug-likeness (QED) is 0.863. The number of hydrogen-bond acceptors (Lipinski definition) is 3. The van der Waals surface area contributed by atoms with E-state index in [1.165, 1.54) is 12.1 Å². The monoisotopic (exact) mass is 232 g/mol. The Morgan fingerprint density at radius 1 is 1.29 bits per heavy atom. The molecule has 0 aliphatic carbocycles. The van der Waals surface area contributed by atoms with Gasteiger partial charge in [-0.05, 0) is 17.7 Å². The van der Waals surface area contributed by atoms with E-state index in [1.54, 1.807) is 18.5 Å². The molecule has 1 aromatic heterocycles. The number of rotatable bonds is 3. The molecule has 2 aromatic rings. The highest BCUT2D eigenvalue weighted by molar-refractivity contribution is 5.17. The Balaban J connectivity index is 1.80. The Morgan fingerprint density at radius 2 is 2.06 bits per heavy atom. The second-order valence-electron chi connectivity index (χ2n) is 4.30. The molecule has 0 radical (unpaired) electrons. The summed E-state index contributed by atoms with van der Waals surface area (Å²) < 4.78 is 14.8. The molecule has 1 N–H and O–H groups in total. The minimum Gasteiger partial charge on any atom is -0.315 e. The van der Waals surface area contributed by atoms with Gasteiger partial charge >= 0.3 is 0 Å². The van der Waals surface area contributed by atoms with Gasteiger partial charge in [0.25, 0.3) is 0 Å². The SMILES string of the molecule is Fc1ccc(Cn2cnnc2C2CNC2)cc1. The van der Waals surface area contributed by atoms with Crippen LogP contribution in [0.5, 0.6) is 0 Å². The zero-order valence-electron chi connectivity index (χ0n) is 9.31. The Kier molecular flexibility index (Phi) is 2.60. The molecule has 0 unspecified atom stereocenters. The summed E-state index contributed by atoms with van der Waals surface area (Å²) in [5, 5.41) is 11.3. The van der Waals surface area contributed by atoms with Gasteiger partial charge in [0.1, 0.15) is 18.0 Å². The van der Waals surface area contributed by atoms with Crippen LogP contribution >= 0.6 is 0 Å². The molecule has 1 aliphatic heterocycles. The van der Waals surface area contributed by atoms with E-state index >= 15 is 0 Å². The van der Waals surface area contributed by atoms with Crippen molar-refractivity contribution in [2.45, 2.75) is 12.5 Å². The van der Waals surface area contributed by atoms with Gasteiger partial charge in [0.2, 0.25) is 0 Å². The predicted molar refractivity (Wildman–Crippen MR) is 61.1 cm³/mol. The summed E-state index contributed by atoms with van der Waals surface area (Å²) in [6.07, 6.45) is 1.73. The van der Waals surface area contributed by atoms with Crippen molar-refractivity contribution >= 4 is 0 Å². The average Bonchev–Trinajstić information content (AvgIpc) is 2.68. The zero-order chi connectivity index (χ0) is 11.7. The van der Waals surface area contributed by atoms with Gasteiger partial charge in [-0.1, -0.05) is 12.1 Å². The average molecular weight is 232 g/mol. The van der Waals surface area contributed by atoms with E-state index in [2.05, 4.69) is 15.5 Å². The van der Waals surface area contributed by atoms with Crippen molar-refractivity contribution in [1.82, 2.24) is 20.1 Å². The fourth-order valence-corrected chi connectivity index (χ4v) is 1.96. The summed E-state index contributed by atoms with van der Waals surface area (Å²) in [5.41, 5.74) is 1.06. The van der Waals surface area contributed by atoms with Crippen LogP contribution in [0.2, 0.25) is 0 Å². The minimum atomic E-state index is -0.207. The third kappa shape index (κ3) is 2.06. The van der Waals surface area contributed by atoms with Crippen LogP contribution in [-0.4, -0.2) is 27.9 Å². The Hall–Kier alpha value is -1.75. The van der Waals surface area contributed by atoms with Crippen LogP contribution in [0.25, 0.3) is 0 Å². The maximum atomic E-state index is 12.8. The molecule has 17 heavy (non-hydrogen) atoms. The van der Waals surface area contributed by atoms with Crippen molar-refractivity contribution < 1.29 is 4.39 Å². The molecular formula is C12H13FN4. The molecule has 0 atom stereocenters. The van der Waals surface area contributed by atoms with Gasteiger partial charge in [-0.15, -0.1) is 10.2 Å². The maximum absolute atomic E-state index is 12.8. The molecule has 0 saturated carbocycles. The summed E-state index contributed by atoms with van der Waals surface area (Å²) in [5.74, 6) is 1.26.